The van der Waals surface area contributed by atoms with Crippen molar-refractivity contribution in [3.8, 4) is 0 Å². The van der Waals surface area contributed by atoms with Gasteiger partial charge in [-0.15, -0.1) is 0 Å². The highest BCUT2D eigenvalue weighted by Crippen LogP contribution is 2.33. The van der Waals surface area contributed by atoms with E-state index in [2.05, 4.69) is 10.3 Å². The van der Waals surface area contributed by atoms with E-state index >= 15 is 0 Å². The molecule has 6 nitrogen and oxygen atoms in total. The molecule has 0 aliphatic carbocycles. The van der Waals surface area contributed by atoms with Gasteiger partial charge in [-0.2, -0.15) is 0 Å². The van der Waals surface area contributed by atoms with Crippen molar-refractivity contribution < 1.29 is 14.0 Å². The van der Waals surface area contributed by atoms with Crippen molar-refractivity contribution in [2.24, 2.45) is 0 Å². The number of nitrogens with one attached hydrogen (secondary N) is 1. The van der Waals surface area contributed by atoms with Crippen molar-refractivity contribution in [2.75, 3.05) is 24.5 Å². The van der Waals surface area contributed by atoms with E-state index in [1.807, 2.05) is 11.0 Å². The van der Waals surface area contributed by atoms with Gasteiger partial charge in [-0.3, -0.25) is 9.69 Å². The van der Waals surface area contributed by atoms with Crippen LogP contribution in [0.5, 0.6) is 0 Å². The molecule has 2 aliphatic rings. The van der Waals surface area contributed by atoms with Crippen molar-refractivity contribution in [3.05, 3.63) is 24.0 Å². The first-order valence-corrected chi connectivity index (χ1v) is 7.35. The molecule has 0 bridgehead atoms. The fourth-order valence-electron chi connectivity index (χ4n) is 2.62. The van der Waals surface area contributed by atoms with Gasteiger partial charge in [0.25, 0.3) is 0 Å². The lowest BCUT2D eigenvalue weighted by atomic mass is 10.1. The summed E-state index contributed by atoms with van der Waals surface area (Å²) in [5.41, 5.74) is 0.371. The zero-order valence-electron chi connectivity index (χ0n) is 10.9. The summed E-state index contributed by atoms with van der Waals surface area (Å²) in [5.74, 6) is -0.527. The second-order valence-corrected chi connectivity index (χ2v) is 6.07. The Balaban J connectivity index is 1.53. The summed E-state index contributed by atoms with van der Waals surface area (Å²) in [6, 6.07) is 4.41. The zero-order valence-corrected chi connectivity index (χ0v) is 11.7. The van der Waals surface area contributed by atoms with E-state index in [9.17, 15) is 14.0 Å². The van der Waals surface area contributed by atoms with Crippen LogP contribution in [0.3, 0.4) is 0 Å². The van der Waals surface area contributed by atoms with Crippen molar-refractivity contribution in [1.82, 2.24) is 15.2 Å². The highest BCUT2D eigenvalue weighted by Gasteiger charge is 2.42. The number of imide groups is 1. The number of carbonyl (C=O) groups is 2. The summed E-state index contributed by atoms with van der Waals surface area (Å²) in [6.07, 6.45) is 0. The smallest absolute Gasteiger partial charge is 0.324 e. The van der Waals surface area contributed by atoms with Crippen LogP contribution < -0.4 is 10.2 Å². The number of rotatable bonds is 2. The predicted molar refractivity (Wildman–Crippen MR) is 75.8 cm³/mol. The Kier molecular flexibility index (Phi) is 2.61. The molecule has 2 aromatic rings. The third-order valence-electron chi connectivity index (χ3n) is 3.73. The van der Waals surface area contributed by atoms with E-state index in [1.165, 1.54) is 22.3 Å². The number of anilines is 1. The van der Waals surface area contributed by atoms with E-state index in [-0.39, 0.29) is 30.3 Å². The minimum absolute atomic E-state index is 0.0711. The summed E-state index contributed by atoms with van der Waals surface area (Å²) >= 11 is 1.41. The van der Waals surface area contributed by atoms with Crippen LogP contribution in [0.4, 0.5) is 14.3 Å². The Morgan fingerprint density at radius 1 is 1.33 bits per heavy atom. The normalized spacial score (nSPS) is 19.3. The van der Waals surface area contributed by atoms with Gasteiger partial charge in [-0.25, -0.2) is 14.2 Å². The SMILES string of the molecule is O=C1CNC(=O)N1C1CN(c2nc3c(F)cccc3s2)C1. The van der Waals surface area contributed by atoms with Crippen molar-refractivity contribution in [3.63, 3.8) is 0 Å². The number of halogens is 1. The van der Waals surface area contributed by atoms with Crippen LogP contribution >= 0.6 is 11.3 Å². The number of aromatic nitrogens is 1. The fourth-order valence-corrected chi connectivity index (χ4v) is 3.62. The molecule has 1 N–H and O–H groups in total. The van der Waals surface area contributed by atoms with Gasteiger partial charge in [0.1, 0.15) is 11.3 Å². The first-order valence-electron chi connectivity index (χ1n) is 6.53. The van der Waals surface area contributed by atoms with Gasteiger partial charge in [-0.05, 0) is 12.1 Å². The van der Waals surface area contributed by atoms with E-state index in [0.717, 1.165) is 9.83 Å². The summed E-state index contributed by atoms with van der Waals surface area (Å²) in [5, 5.41) is 3.23. The van der Waals surface area contributed by atoms with Crippen LogP contribution in [0, 0.1) is 5.82 Å². The third kappa shape index (κ3) is 1.86. The molecule has 21 heavy (non-hydrogen) atoms. The van der Waals surface area contributed by atoms with Crippen LogP contribution in [0.25, 0.3) is 10.2 Å². The van der Waals surface area contributed by atoms with Crippen molar-refractivity contribution in [1.29, 1.82) is 0 Å². The number of thiazole rings is 1. The Bertz CT molecular complexity index is 740. The zero-order chi connectivity index (χ0) is 14.6. The van der Waals surface area contributed by atoms with Crippen LogP contribution in [0.1, 0.15) is 0 Å². The maximum atomic E-state index is 13.6. The standard InChI is InChI=1S/C13H11FN4O2S/c14-8-2-1-3-9-11(8)16-13(21-9)17-5-7(6-17)18-10(19)4-15-12(18)20/h1-3,7H,4-6H2,(H,15,20). The molecule has 0 saturated carbocycles. The van der Waals surface area contributed by atoms with Crippen molar-refractivity contribution in [2.45, 2.75) is 6.04 Å². The number of para-hydroxylation sites is 1. The van der Waals surface area contributed by atoms with Crippen LogP contribution in [-0.4, -0.2) is 47.5 Å². The Labute approximate surface area is 123 Å². The minimum Gasteiger partial charge on any atom is -0.344 e. The molecule has 3 amide bonds. The molecular formula is C13H11FN4O2S. The summed E-state index contributed by atoms with van der Waals surface area (Å²) in [4.78, 5) is 30.7. The lowest BCUT2D eigenvalue weighted by Gasteiger charge is -2.42. The van der Waals surface area contributed by atoms with Gasteiger partial charge in [0.15, 0.2) is 5.13 Å². The van der Waals surface area contributed by atoms with E-state index in [0.29, 0.717) is 18.6 Å². The summed E-state index contributed by atoms with van der Waals surface area (Å²) < 4.78 is 14.4. The number of urea groups is 1. The van der Waals surface area contributed by atoms with Crippen molar-refractivity contribution >= 4 is 38.6 Å². The highest BCUT2D eigenvalue weighted by molar-refractivity contribution is 7.22. The van der Waals surface area contributed by atoms with Crippen LogP contribution in [-0.2, 0) is 4.79 Å². The van der Waals surface area contributed by atoms with E-state index in [4.69, 9.17) is 0 Å². The van der Waals surface area contributed by atoms with E-state index < -0.39 is 0 Å². The van der Waals surface area contributed by atoms with Gasteiger partial charge < -0.3 is 10.2 Å². The molecule has 108 valence electrons. The number of carbonyl (C=O) groups excluding carboxylic acids is 2. The Morgan fingerprint density at radius 2 is 2.14 bits per heavy atom. The monoisotopic (exact) mass is 306 g/mol. The fraction of sp³-hybridized carbons (Fsp3) is 0.308. The van der Waals surface area contributed by atoms with Gasteiger partial charge in [0.2, 0.25) is 5.91 Å². The molecular weight excluding hydrogens is 295 g/mol. The minimum atomic E-state index is -0.333. The number of nitrogens with zero attached hydrogens (tertiary/aromatic N) is 3. The van der Waals surface area contributed by atoms with Crippen LogP contribution in [0.2, 0.25) is 0 Å². The molecule has 0 radical (unpaired) electrons. The number of amides is 3. The molecule has 2 saturated heterocycles. The lowest BCUT2D eigenvalue weighted by Crippen LogP contribution is -2.61. The lowest BCUT2D eigenvalue weighted by molar-refractivity contribution is -0.126. The second-order valence-electron chi connectivity index (χ2n) is 5.06. The molecule has 1 aromatic heterocycles. The molecule has 0 atom stereocenters. The molecule has 3 heterocycles. The molecule has 1 aromatic carbocycles. The first kappa shape index (κ1) is 12.5. The Hall–Kier alpha value is -2.22. The number of fused-ring (bicyclic) bond motifs is 1. The van der Waals surface area contributed by atoms with Gasteiger partial charge in [-0.1, -0.05) is 17.4 Å². The molecule has 0 unspecified atom stereocenters. The highest BCUT2D eigenvalue weighted by atomic mass is 32.1. The van der Waals surface area contributed by atoms with Gasteiger partial charge in [0, 0.05) is 13.1 Å². The molecule has 2 fully saturated rings. The molecule has 4 rings (SSSR count). The molecule has 8 heteroatoms. The first-order chi connectivity index (χ1) is 10.1. The van der Waals surface area contributed by atoms with Crippen LogP contribution in [0.15, 0.2) is 18.2 Å². The molecule has 2 aliphatic heterocycles. The number of hydrogen-bond acceptors (Lipinski definition) is 5. The van der Waals surface area contributed by atoms with E-state index in [1.54, 1.807) is 6.07 Å². The maximum Gasteiger partial charge on any atom is 0.324 e. The third-order valence-corrected chi connectivity index (χ3v) is 4.82. The quantitative estimate of drug-likeness (QED) is 0.846. The average Bonchev–Trinajstić information content (AvgIpc) is 2.96. The topological polar surface area (TPSA) is 65.5 Å². The average molecular weight is 306 g/mol. The molecule has 0 spiro atoms. The second kappa shape index (κ2) is 4.39. The summed E-state index contributed by atoms with van der Waals surface area (Å²) in [7, 11) is 0. The number of benzene rings is 1. The van der Waals surface area contributed by atoms with Gasteiger partial charge in [0.05, 0.1) is 17.3 Å². The number of hydrogen-bond donors (Lipinski definition) is 1. The summed E-state index contributed by atoms with van der Waals surface area (Å²) in [6.45, 7) is 1.16. The maximum absolute atomic E-state index is 13.6. The largest absolute Gasteiger partial charge is 0.344 e. The Morgan fingerprint density at radius 3 is 2.81 bits per heavy atom. The predicted octanol–water partition coefficient (Wildman–Crippen LogP) is 1.18. The van der Waals surface area contributed by atoms with Gasteiger partial charge >= 0.3 is 6.03 Å².